The largest absolute Gasteiger partial charge is 0.354 e. The topological polar surface area (TPSA) is 56.9 Å². The van der Waals surface area contributed by atoms with E-state index < -0.39 is 11.6 Å². The minimum atomic E-state index is -0.643. The van der Waals surface area contributed by atoms with Gasteiger partial charge in [-0.1, -0.05) is 0 Å². The molecule has 2 fully saturated rings. The van der Waals surface area contributed by atoms with Gasteiger partial charge in [-0.15, -0.1) is 0 Å². The molecule has 1 aliphatic carbocycles. The number of carbonyl (C=O) groups is 1. The van der Waals surface area contributed by atoms with Crippen LogP contribution in [0, 0.1) is 23.4 Å². The first-order valence-corrected chi connectivity index (χ1v) is 10.3. The summed E-state index contributed by atoms with van der Waals surface area (Å²) < 4.78 is 41.8. The van der Waals surface area contributed by atoms with E-state index in [2.05, 4.69) is 15.6 Å². The molecule has 1 aromatic heterocycles. The van der Waals surface area contributed by atoms with Crippen molar-refractivity contribution in [3.63, 3.8) is 0 Å². The molecule has 156 valence electrons. The third kappa shape index (κ3) is 3.37. The third-order valence-corrected chi connectivity index (χ3v) is 6.35. The second-order valence-corrected chi connectivity index (χ2v) is 8.31. The van der Waals surface area contributed by atoms with E-state index in [0.717, 1.165) is 43.0 Å². The minimum Gasteiger partial charge on any atom is -0.354 e. The van der Waals surface area contributed by atoms with E-state index in [9.17, 15) is 18.0 Å². The number of carbonyl (C=O) groups excluding carboxylic acids is 1. The quantitative estimate of drug-likeness (QED) is 0.587. The van der Waals surface area contributed by atoms with Crippen molar-refractivity contribution in [3.8, 4) is 11.3 Å². The van der Waals surface area contributed by atoms with Crippen LogP contribution in [0.5, 0.6) is 0 Å². The first-order chi connectivity index (χ1) is 14.5. The highest BCUT2D eigenvalue weighted by atomic mass is 19.1. The summed E-state index contributed by atoms with van der Waals surface area (Å²) in [4.78, 5) is 15.1. The maximum atomic E-state index is 14.4. The van der Waals surface area contributed by atoms with Crippen LogP contribution in [0.4, 0.5) is 13.2 Å². The molecule has 0 bridgehead atoms. The van der Waals surface area contributed by atoms with Crippen LogP contribution in [0.15, 0.2) is 36.4 Å². The highest BCUT2D eigenvalue weighted by Gasteiger charge is 2.35. The van der Waals surface area contributed by atoms with E-state index in [1.165, 1.54) is 18.2 Å². The Kier molecular flexibility index (Phi) is 4.77. The van der Waals surface area contributed by atoms with Gasteiger partial charge in [0.05, 0.1) is 17.3 Å². The average molecular weight is 413 g/mol. The summed E-state index contributed by atoms with van der Waals surface area (Å²) in [7, 11) is 0. The Labute approximate surface area is 171 Å². The van der Waals surface area contributed by atoms with Gasteiger partial charge in [0.2, 0.25) is 5.91 Å². The van der Waals surface area contributed by atoms with Gasteiger partial charge in [-0.25, -0.2) is 13.2 Å². The summed E-state index contributed by atoms with van der Waals surface area (Å²) >= 11 is 0. The fraction of sp³-hybridized carbons (Fsp3) is 0.348. The van der Waals surface area contributed by atoms with Crippen molar-refractivity contribution in [2.45, 2.75) is 31.2 Å². The van der Waals surface area contributed by atoms with Gasteiger partial charge < -0.3 is 15.6 Å². The smallest absolute Gasteiger partial charge is 0.237 e. The molecule has 2 aromatic carbocycles. The summed E-state index contributed by atoms with van der Waals surface area (Å²) in [5.74, 6) is -1.15. The maximum absolute atomic E-state index is 14.4. The number of hydrogen-bond acceptors (Lipinski definition) is 2. The highest BCUT2D eigenvalue weighted by molar-refractivity contribution is 5.92. The molecule has 5 rings (SSSR count). The van der Waals surface area contributed by atoms with E-state index >= 15 is 0 Å². The lowest BCUT2D eigenvalue weighted by Gasteiger charge is -2.37. The van der Waals surface area contributed by atoms with Crippen molar-refractivity contribution >= 4 is 16.8 Å². The number of rotatable bonds is 5. The van der Waals surface area contributed by atoms with E-state index in [4.69, 9.17) is 0 Å². The summed E-state index contributed by atoms with van der Waals surface area (Å²) in [5.41, 5.74) is 2.55. The molecular weight excluding hydrogens is 391 g/mol. The lowest BCUT2D eigenvalue weighted by molar-refractivity contribution is -0.125. The SMILES string of the molecule is O=C(NCC1CC(c2c(-c3ccc(F)cc3)[nH]c3c(F)cc(F)cc23)C1)[C@@H]1CCN1. The molecule has 3 aromatic rings. The van der Waals surface area contributed by atoms with Gasteiger partial charge in [0.15, 0.2) is 0 Å². The Morgan fingerprint density at radius 3 is 2.47 bits per heavy atom. The number of halogens is 3. The Bertz CT molecular complexity index is 1100. The lowest BCUT2D eigenvalue weighted by atomic mass is 9.70. The van der Waals surface area contributed by atoms with Crippen LogP contribution in [0.25, 0.3) is 22.2 Å². The molecule has 30 heavy (non-hydrogen) atoms. The number of hydrogen-bond donors (Lipinski definition) is 3. The van der Waals surface area contributed by atoms with Gasteiger partial charge in [-0.2, -0.15) is 0 Å². The summed E-state index contributed by atoms with van der Waals surface area (Å²) in [5, 5.41) is 6.60. The molecule has 1 saturated carbocycles. The number of amides is 1. The Morgan fingerprint density at radius 2 is 1.80 bits per heavy atom. The van der Waals surface area contributed by atoms with Crippen molar-refractivity contribution in [2.24, 2.45) is 5.92 Å². The molecule has 4 nitrogen and oxygen atoms in total. The zero-order valence-electron chi connectivity index (χ0n) is 16.3. The highest BCUT2D eigenvalue weighted by Crippen LogP contribution is 2.48. The standard InChI is InChI=1S/C23H22F3N3O/c24-15-3-1-13(2-4-15)21-20(17-9-16(25)10-18(26)22(17)29-21)14-7-12(8-14)11-28-23(30)19-5-6-27-19/h1-4,9-10,12,14,19,27,29H,5-8,11H2,(H,28,30)/t12?,14?,19-/m0/s1. The molecule has 1 amide bonds. The maximum Gasteiger partial charge on any atom is 0.237 e. The van der Waals surface area contributed by atoms with E-state index in [1.54, 1.807) is 12.1 Å². The third-order valence-electron chi connectivity index (χ3n) is 6.35. The second kappa shape index (κ2) is 7.47. The van der Waals surface area contributed by atoms with Gasteiger partial charge in [-0.3, -0.25) is 4.79 Å². The van der Waals surface area contributed by atoms with E-state index in [1.807, 2.05) is 0 Å². The van der Waals surface area contributed by atoms with Crippen LogP contribution in [0.1, 0.15) is 30.7 Å². The molecule has 0 radical (unpaired) electrons. The number of nitrogens with one attached hydrogen (secondary N) is 3. The van der Waals surface area contributed by atoms with Gasteiger partial charge in [0.25, 0.3) is 0 Å². The van der Waals surface area contributed by atoms with Gasteiger partial charge in [0, 0.05) is 18.0 Å². The van der Waals surface area contributed by atoms with Crippen molar-refractivity contribution in [2.75, 3.05) is 13.1 Å². The van der Waals surface area contributed by atoms with Crippen LogP contribution >= 0.6 is 0 Å². The van der Waals surface area contributed by atoms with Crippen LogP contribution in [-0.2, 0) is 4.79 Å². The van der Waals surface area contributed by atoms with Crippen molar-refractivity contribution in [1.82, 2.24) is 15.6 Å². The fourth-order valence-corrected chi connectivity index (χ4v) is 4.53. The second-order valence-electron chi connectivity index (χ2n) is 8.31. The molecule has 7 heteroatoms. The molecular formula is C23H22F3N3O. The number of aromatic nitrogens is 1. The zero-order chi connectivity index (χ0) is 20.8. The first kappa shape index (κ1) is 19.2. The molecule has 3 N–H and O–H groups in total. The van der Waals surface area contributed by atoms with E-state index in [0.29, 0.717) is 23.5 Å². The van der Waals surface area contributed by atoms with Gasteiger partial charge in [-0.05, 0) is 79.1 Å². The molecule has 1 atom stereocenters. The number of benzene rings is 2. The van der Waals surface area contributed by atoms with Crippen LogP contribution in [0.2, 0.25) is 0 Å². The van der Waals surface area contributed by atoms with Crippen molar-refractivity contribution < 1.29 is 18.0 Å². The summed E-state index contributed by atoms with van der Waals surface area (Å²) in [6.07, 6.45) is 2.50. The monoisotopic (exact) mass is 413 g/mol. The van der Waals surface area contributed by atoms with Crippen molar-refractivity contribution in [1.29, 1.82) is 0 Å². The molecule has 1 aliphatic heterocycles. The summed E-state index contributed by atoms with van der Waals surface area (Å²) in [6.45, 7) is 1.48. The minimum absolute atomic E-state index is 0.0351. The molecule has 0 spiro atoms. The zero-order valence-corrected chi connectivity index (χ0v) is 16.3. The Balaban J connectivity index is 1.41. The van der Waals surface area contributed by atoms with Gasteiger partial charge in [0.1, 0.15) is 17.5 Å². The van der Waals surface area contributed by atoms with E-state index in [-0.39, 0.29) is 29.2 Å². The lowest BCUT2D eigenvalue weighted by Crippen LogP contribution is -2.54. The molecule has 0 unspecified atom stereocenters. The predicted molar refractivity (Wildman–Crippen MR) is 108 cm³/mol. The number of fused-ring (bicyclic) bond motifs is 1. The summed E-state index contributed by atoms with van der Waals surface area (Å²) in [6, 6.07) is 8.13. The van der Waals surface area contributed by atoms with Crippen LogP contribution in [0.3, 0.4) is 0 Å². The molecule has 2 aliphatic rings. The Morgan fingerprint density at radius 1 is 1.07 bits per heavy atom. The van der Waals surface area contributed by atoms with Crippen LogP contribution < -0.4 is 10.6 Å². The van der Waals surface area contributed by atoms with Crippen molar-refractivity contribution in [3.05, 3.63) is 59.4 Å². The molecule has 2 heterocycles. The number of aromatic amines is 1. The van der Waals surface area contributed by atoms with Crippen LogP contribution in [-0.4, -0.2) is 30.0 Å². The average Bonchev–Trinajstić information content (AvgIpc) is 2.99. The normalized spacial score (nSPS) is 23.1. The van der Waals surface area contributed by atoms with Gasteiger partial charge >= 0.3 is 0 Å². The predicted octanol–water partition coefficient (Wildman–Crippen LogP) is 4.22. The Hall–Kier alpha value is -2.80. The first-order valence-electron chi connectivity index (χ1n) is 10.3. The molecule has 1 saturated heterocycles. The fourth-order valence-electron chi connectivity index (χ4n) is 4.53. The number of H-pyrrole nitrogens is 1.